The maximum absolute atomic E-state index is 11.6. The van der Waals surface area contributed by atoms with Crippen molar-refractivity contribution in [2.45, 2.75) is 31.1 Å². The molecule has 10 nitrogen and oxygen atoms in total. The standard InChI is InChI=1S/C16H20N6O4S/c1-16(13(23)24)6-3-7-22(16)15-19-10-18-14(21-15)20-12-5-2-4-11(8-12)9-27(17,25)26/h2,4-5,8,10H,3,6-7,9H2,1H3,(H,23,24)(H2,17,25,26)(H,18,19,20,21)/t16-/m1/s1. The van der Waals surface area contributed by atoms with Gasteiger partial charge in [-0.15, -0.1) is 0 Å². The summed E-state index contributed by atoms with van der Waals surface area (Å²) in [6, 6.07) is 6.70. The molecule has 1 saturated heterocycles. The maximum Gasteiger partial charge on any atom is 0.329 e. The van der Waals surface area contributed by atoms with Crippen LogP contribution < -0.4 is 15.4 Å². The molecule has 1 fully saturated rings. The van der Waals surface area contributed by atoms with E-state index in [4.69, 9.17) is 5.14 Å². The van der Waals surface area contributed by atoms with Crippen LogP contribution in [0.3, 0.4) is 0 Å². The van der Waals surface area contributed by atoms with Crippen molar-refractivity contribution in [2.24, 2.45) is 5.14 Å². The van der Waals surface area contributed by atoms with Gasteiger partial charge in [0.05, 0.1) is 5.75 Å². The van der Waals surface area contributed by atoms with Gasteiger partial charge in [-0.2, -0.15) is 4.98 Å². The molecule has 2 aromatic rings. The first-order valence-electron chi connectivity index (χ1n) is 8.24. The number of nitrogens with two attached hydrogens (primary N) is 1. The number of hydrogen-bond acceptors (Lipinski definition) is 8. The summed E-state index contributed by atoms with van der Waals surface area (Å²) in [5, 5.41) is 17.6. The monoisotopic (exact) mass is 392 g/mol. The molecule has 3 rings (SSSR count). The number of carbonyl (C=O) groups is 1. The number of nitrogens with zero attached hydrogens (tertiary/aromatic N) is 4. The molecule has 0 aliphatic carbocycles. The van der Waals surface area contributed by atoms with Crippen LogP contribution in [0.25, 0.3) is 0 Å². The van der Waals surface area contributed by atoms with Gasteiger partial charge in [0.1, 0.15) is 11.9 Å². The summed E-state index contributed by atoms with van der Waals surface area (Å²) in [4.78, 5) is 25.8. The van der Waals surface area contributed by atoms with Crippen LogP contribution in [0.2, 0.25) is 0 Å². The number of hydrogen-bond donors (Lipinski definition) is 3. The molecule has 1 aromatic heterocycles. The number of benzene rings is 1. The molecule has 4 N–H and O–H groups in total. The highest BCUT2D eigenvalue weighted by atomic mass is 32.2. The highest BCUT2D eigenvalue weighted by molar-refractivity contribution is 7.88. The maximum atomic E-state index is 11.6. The predicted molar refractivity (Wildman–Crippen MR) is 99.0 cm³/mol. The molecule has 1 aliphatic rings. The van der Waals surface area contributed by atoms with Crippen molar-refractivity contribution in [1.29, 1.82) is 0 Å². The van der Waals surface area contributed by atoms with Crippen molar-refractivity contribution in [2.75, 3.05) is 16.8 Å². The van der Waals surface area contributed by atoms with E-state index in [0.717, 1.165) is 6.42 Å². The van der Waals surface area contributed by atoms with Gasteiger partial charge in [-0.05, 0) is 37.5 Å². The van der Waals surface area contributed by atoms with Crippen molar-refractivity contribution in [3.63, 3.8) is 0 Å². The van der Waals surface area contributed by atoms with E-state index in [9.17, 15) is 18.3 Å². The summed E-state index contributed by atoms with van der Waals surface area (Å²) in [7, 11) is -3.64. The van der Waals surface area contributed by atoms with Gasteiger partial charge in [-0.25, -0.2) is 28.3 Å². The molecule has 1 aromatic carbocycles. The number of aliphatic carboxylic acids is 1. The Morgan fingerprint density at radius 1 is 1.41 bits per heavy atom. The van der Waals surface area contributed by atoms with Crippen LogP contribution in [0.15, 0.2) is 30.6 Å². The first-order chi connectivity index (χ1) is 12.7. The van der Waals surface area contributed by atoms with E-state index in [1.165, 1.54) is 6.33 Å². The Balaban J connectivity index is 1.83. The van der Waals surface area contributed by atoms with E-state index in [-0.39, 0.29) is 17.6 Å². The fourth-order valence-electron chi connectivity index (χ4n) is 3.08. The number of carboxylic acid groups (broad SMARTS) is 1. The molecule has 11 heteroatoms. The van der Waals surface area contributed by atoms with E-state index in [1.807, 2.05) is 0 Å². The molecule has 27 heavy (non-hydrogen) atoms. The van der Waals surface area contributed by atoms with Gasteiger partial charge >= 0.3 is 5.97 Å². The van der Waals surface area contributed by atoms with Crippen molar-refractivity contribution >= 4 is 33.6 Å². The van der Waals surface area contributed by atoms with E-state index in [1.54, 1.807) is 36.1 Å². The lowest BCUT2D eigenvalue weighted by atomic mass is 10.00. The number of anilines is 3. The fraction of sp³-hybridized carbons (Fsp3) is 0.375. The number of rotatable bonds is 6. The van der Waals surface area contributed by atoms with Gasteiger partial charge in [-0.1, -0.05) is 12.1 Å². The first-order valence-corrected chi connectivity index (χ1v) is 9.95. The van der Waals surface area contributed by atoms with Crippen LogP contribution in [0.5, 0.6) is 0 Å². The van der Waals surface area contributed by atoms with Crippen molar-refractivity contribution < 1.29 is 18.3 Å². The predicted octanol–water partition coefficient (Wildman–Crippen LogP) is 0.847. The summed E-state index contributed by atoms with van der Waals surface area (Å²) in [5.74, 6) is -0.705. The minimum absolute atomic E-state index is 0.229. The van der Waals surface area contributed by atoms with Gasteiger partial charge in [0.15, 0.2) is 0 Å². The third kappa shape index (κ3) is 4.31. The average Bonchev–Trinajstić information content (AvgIpc) is 2.97. The van der Waals surface area contributed by atoms with Crippen LogP contribution in [0.4, 0.5) is 17.6 Å². The van der Waals surface area contributed by atoms with Crippen LogP contribution >= 0.6 is 0 Å². The van der Waals surface area contributed by atoms with Gasteiger partial charge in [0, 0.05) is 12.2 Å². The molecule has 1 atom stereocenters. The molecule has 0 saturated carbocycles. The van der Waals surface area contributed by atoms with Crippen LogP contribution in [0, 0.1) is 0 Å². The topological polar surface area (TPSA) is 151 Å². The van der Waals surface area contributed by atoms with Crippen molar-refractivity contribution in [3.8, 4) is 0 Å². The van der Waals surface area contributed by atoms with Crippen LogP contribution in [-0.2, 0) is 20.6 Å². The van der Waals surface area contributed by atoms with Crippen LogP contribution in [0.1, 0.15) is 25.3 Å². The zero-order valence-electron chi connectivity index (χ0n) is 14.7. The molecule has 0 amide bonds. The number of aromatic nitrogens is 3. The molecule has 0 radical (unpaired) electrons. The van der Waals surface area contributed by atoms with E-state index in [2.05, 4.69) is 20.3 Å². The van der Waals surface area contributed by atoms with Gasteiger partial charge in [0.25, 0.3) is 0 Å². The molecule has 2 heterocycles. The summed E-state index contributed by atoms with van der Waals surface area (Å²) in [5.41, 5.74) is 0.0408. The average molecular weight is 392 g/mol. The van der Waals surface area contributed by atoms with Crippen molar-refractivity contribution in [3.05, 3.63) is 36.2 Å². The lowest BCUT2D eigenvalue weighted by Gasteiger charge is -2.31. The van der Waals surface area contributed by atoms with Gasteiger partial charge in [0.2, 0.25) is 21.9 Å². The van der Waals surface area contributed by atoms with Crippen LogP contribution in [-0.4, -0.2) is 46.5 Å². The highest BCUT2D eigenvalue weighted by Crippen LogP contribution is 2.32. The SMILES string of the molecule is C[C@]1(C(=O)O)CCCN1c1ncnc(Nc2cccc(CS(N)(=O)=O)c2)n1. The zero-order chi connectivity index (χ0) is 19.7. The van der Waals surface area contributed by atoms with E-state index in [0.29, 0.717) is 24.2 Å². The number of primary sulfonamides is 1. The Morgan fingerprint density at radius 2 is 2.19 bits per heavy atom. The molecule has 144 valence electrons. The molecular formula is C16H20N6O4S. The minimum atomic E-state index is -3.64. The number of nitrogens with one attached hydrogen (secondary N) is 1. The number of sulfonamides is 1. The summed E-state index contributed by atoms with van der Waals surface area (Å²) in [6.45, 7) is 2.19. The van der Waals surface area contributed by atoms with Gasteiger partial charge < -0.3 is 15.3 Å². The Labute approximate surface area is 156 Å². The van der Waals surface area contributed by atoms with Crippen molar-refractivity contribution in [1.82, 2.24) is 15.0 Å². The number of carboxylic acids is 1. The second-order valence-electron chi connectivity index (χ2n) is 6.58. The normalized spacial score (nSPS) is 19.9. The Bertz CT molecular complexity index is 967. The lowest BCUT2D eigenvalue weighted by Crippen LogP contribution is -2.48. The quantitative estimate of drug-likeness (QED) is 0.649. The molecule has 0 bridgehead atoms. The third-order valence-corrected chi connectivity index (χ3v) is 5.19. The largest absolute Gasteiger partial charge is 0.480 e. The van der Waals surface area contributed by atoms with E-state index >= 15 is 0 Å². The van der Waals surface area contributed by atoms with E-state index < -0.39 is 21.5 Å². The summed E-state index contributed by atoms with van der Waals surface area (Å²) in [6.07, 6.45) is 2.54. The fourth-order valence-corrected chi connectivity index (χ4v) is 3.73. The second kappa shape index (κ2) is 7.08. The molecule has 0 unspecified atom stereocenters. The molecule has 1 aliphatic heterocycles. The summed E-state index contributed by atoms with van der Waals surface area (Å²) >= 11 is 0. The zero-order valence-corrected chi connectivity index (χ0v) is 15.5. The first kappa shape index (κ1) is 19.0. The highest BCUT2D eigenvalue weighted by Gasteiger charge is 2.44. The minimum Gasteiger partial charge on any atom is -0.480 e. The smallest absolute Gasteiger partial charge is 0.329 e. The molecule has 0 spiro atoms. The molecular weight excluding hydrogens is 372 g/mol. The lowest BCUT2D eigenvalue weighted by molar-refractivity contribution is -0.142. The van der Waals surface area contributed by atoms with Gasteiger partial charge in [-0.3, -0.25) is 0 Å². The Morgan fingerprint density at radius 3 is 2.89 bits per heavy atom. The Hall–Kier alpha value is -2.79. The second-order valence-corrected chi connectivity index (χ2v) is 8.19. The summed E-state index contributed by atoms with van der Waals surface area (Å²) < 4.78 is 22.5. The Kier molecular flexibility index (Phi) is 4.98. The third-order valence-electron chi connectivity index (χ3n) is 4.45.